The highest BCUT2D eigenvalue weighted by molar-refractivity contribution is 4.82. The van der Waals surface area contributed by atoms with Crippen LogP contribution in [0.2, 0.25) is 0 Å². The molecule has 0 radical (unpaired) electrons. The maximum Gasteiger partial charge on any atom is 0.0731 e. The van der Waals surface area contributed by atoms with Crippen LogP contribution in [0, 0.1) is 0 Å². The van der Waals surface area contributed by atoms with Gasteiger partial charge in [0.2, 0.25) is 0 Å². The van der Waals surface area contributed by atoms with Gasteiger partial charge in [-0.2, -0.15) is 0 Å². The van der Waals surface area contributed by atoms with Gasteiger partial charge in [-0.25, -0.2) is 0 Å². The van der Waals surface area contributed by atoms with E-state index >= 15 is 0 Å². The molecule has 2 nitrogen and oxygen atoms in total. The second-order valence-electron chi connectivity index (χ2n) is 5.78. The highest BCUT2D eigenvalue weighted by atomic mass is 16.5. The topological polar surface area (TPSA) is 21.3 Å². The summed E-state index contributed by atoms with van der Waals surface area (Å²) in [5.41, 5.74) is 0. The van der Waals surface area contributed by atoms with E-state index < -0.39 is 0 Å². The molecule has 2 heteroatoms. The van der Waals surface area contributed by atoms with Crippen molar-refractivity contribution in [3.8, 4) is 0 Å². The third-order valence-electron chi connectivity index (χ3n) is 4.28. The molecule has 17 heavy (non-hydrogen) atoms. The zero-order valence-electron chi connectivity index (χ0n) is 11.4. The Hall–Kier alpha value is -0.0800. The maximum absolute atomic E-state index is 6.31. The Bertz CT molecular complexity index is 201. The molecule has 2 aliphatic rings. The molecule has 0 aliphatic heterocycles. The van der Waals surface area contributed by atoms with Crippen LogP contribution in [0.5, 0.6) is 0 Å². The zero-order valence-corrected chi connectivity index (χ0v) is 11.4. The molecule has 0 spiro atoms. The van der Waals surface area contributed by atoms with Crippen LogP contribution in [0.4, 0.5) is 0 Å². The van der Waals surface area contributed by atoms with E-state index in [0.717, 1.165) is 6.54 Å². The molecule has 0 amide bonds. The van der Waals surface area contributed by atoms with Gasteiger partial charge >= 0.3 is 0 Å². The zero-order chi connectivity index (χ0) is 11.9. The van der Waals surface area contributed by atoms with E-state index in [0.29, 0.717) is 18.2 Å². The highest BCUT2D eigenvalue weighted by Gasteiger charge is 2.28. The van der Waals surface area contributed by atoms with Crippen LogP contribution in [0.25, 0.3) is 0 Å². The van der Waals surface area contributed by atoms with Gasteiger partial charge in [0.25, 0.3) is 0 Å². The fourth-order valence-electron chi connectivity index (χ4n) is 2.93. The van der Waals surface area contributed by atoms with Crippen molar-refractivity contribution in [2.24, 2.45) is 0 Å². The van der Waals surface area contributed by atoms with E-state index in [1.807, 2.05) is 0 Å². The largest absolute Gasteiger partial charge is 0.373 e. The molecule has 2 atom stereocenters. The van der Waals surface area contributed by atoms with Crippen LogP contribution in [0.1, 0.15) is 71.1 Å². The first-order chi connectivity index (χ1) is 8.40. The second-order valence-corrected chi connectivity index (χ2v) is 5.78. The summed E-state index contributed by atoms with van der Waals surface area (Å²) in [5, 5.41) is 3.72. The van der Waals surface area contributed by atoms with Crippen molar-refractivity contribution in [3.63, 3.8) is 0 Å². The smallest absolute Gasteiger partial charge is 0.0731 e. The summed E-state index contributed by atoms with van der Waals surface area (Å²) >= 11 is 0. The highest BCUT2D eigenvalue weighted by Crippen LogP contribution is 2.28. The minimum absolute atomic E-state index is 0.493. The van der Waals surface area contributed by atoms with Crippen LogP contribution in [-0.2, 0) is 4.74 Å². The van der Waals surface area contributed by atoms with Gasteiger partial charge in [-0.1, -0.05) is 32.6 Å². The first-order valence-electron chi connectivity index (χ1n) is 7.79. The van der Waals surface area contributed by atoms with Crippen LogP contribution >= 0.6 is 0 Å². The Balaban J connectivity index is 1.83. The molecule has 0 saturated heterocycles. The predicted molar refractivity (Wildman–Crippen MR) is 72.3 cm³/mol. The van der Waals surface area contributed by atoms with E-state index in [9.17, 15) is 0 Å². The van der Waals surface area contributed by atoms with Crippen LogP contribution in [-0.4, -0.2) is 24.8 Å². The van der Waals surface area contributed by atoms with Crippen molar-refractivity contribution >= 4 is 0 Å². The Labute approximate surface area is 107 Å². The molecule has 1 N–H and O–H groups in total. The van der Waals surface area contributed by atoms with E-state index in [2.05, 4.69) is 12.2 Å². The van der Waals surface area contributed by atoms with Gasteiger partial charge in [-0.15, -0.1) is 0 Å². The molecule has 0 aromatic carbocycles. The quantitative estimate of drug-likeness (QED) is 0.791. The van der Waals surface area contributed by atoms with Crippen LogP contribution in [0.3, 0.4) is 0 Å². The molecule has 2 saturated carbocycles. The van der Waals surface area contributed by atoms with Crippen molar-refractivity contribution in [2.75, 3.05) is 6.54 Å². The van der Waals surface area contributed by atoms with Crippen molar-refractivity contribution in [2.45, 2.75) is 89.4 Å². The average molecular weight is 239 g/mol. The van der Waals surface area contributed by atoms with Gasteiger partial charge in [0.15, 0.2) is 0 Å². The summed E-state index contributed by atoms with van der Waals surface area (Å²) in [5.74, 6) is 0. The third-order valence-corrected chi connectivity index (χ3v) is 4.28. The number of hydrogen-bond acceptors (Lipinski definition) is 2. The molecular formula is C15H29NO. The second kappa shape index (κ2) is 7.38. The molecule has 2 rings (SSSR count). The van der Waals surface area contributed by atoms with Gasteiger partial charge in [-0.05, 0) is 45.1 Å². The van der Waals surface area contributed by atoms with Gasteiger partial charge in [0.1, 0.15) is 0 Å². The summed E-state index contributed by atoms with van der Waals surface area (Å²) in [6.45, 7) is 3.40. The summed E-state index contributed by atoms with van der Waals surface area (Å²) in [7, 11) is 0. The van der Waals surface area contributed by atoms with Gasteiger partial charge < -0.3 is 10.1 Å². The lowest BCUT2D eigenvalue weighted by molar-refractivity contribution is -0.0729. The summed E-state index contributed by atoms with van der Waals surface area (Å²) < 4.78 is 6.31. The number of ether oxygens (including phenoxy) is 1. The molecule has 0 bridgehead atoms. The Kier molecular flexibility index (Phi) is 5.79. The standard InChI is InChI=1S/C15H29NO/c1-2-12-16-14-10-5-3-4-6-11-15(14)17-13-8-7-9-13/h13-16H,2-12H2,1H3. The third kappa shape index (κ3) is 4.26. The molecule has 2 fully saturated rings. The summed E-state index contributed by atoms with van der Waals surface area (Å²) in [6, 6.07) is 0.621. The molecule has 0 heterocycles. The number of nitrogens with one attached hydrogen (secondary N) is 1. The molecular weight excluding hydrogens is 210 g/mol. The molecule has 2 aliphatic carbocycles. The maximum atomic E-state index is 6.31. The van der Waals surface area contributed by atoms with Gasteiger partial charge in [0.05, 0.1) is 12.2 Å². The molecule has 0 aromatic heterocycles. The lowest BCUT2D eigenvalue weighted by Gasteiger charge is -2.36. The minimum atomic E-state index is 0.493. The van der Waals surface area contributed by atoms with Crippen molar-refractivity contribution in [1.82, 2.24) is 5.32 Å². The SMILES string of the molecule is CCCNC1CCCCCCC1OC1CCC1. The lowest BCUT2D eigenvalue weighted by Crippen LogP contribution is -2.45. The van der Waals surface area contributed by atoms with E-state index in [-0.39, 0.29) is 0 Å². The minimum Gasteiger partial charge on any atom is -0.373 e. The number of rotatable bonds is 5. The first-order valence-corrected chi connectivity index (χ1v) is 7.79. The summed E-state index contributed by atoms with van der Waals surface area (Å²) in [6.07, 6.45) is 14.5. The Morgan fingerprint density at radius 2 is 1.71 bits per heavy atom. The van der Waals surface area contributed by atoms with Gasteiger partial charge in [-0.3, -0.25) is 0 Å². The molecule has 100 valence electrons. The van der Waals surface area contributed by atoms with Crippen molar-refractivity contribution < 1.29 is 4.74 Å². The number of hydrogen-bond donors (Lipinski definition) is 1. The van der Waals surface area contributed by atoms with E-state index in [1.54, 1.807) is 0 Å². The fraction of sp³-hybridized carbons (Fsp3) is 1.00. The van der Waals surface area contributed by atoms with E-state index in [1.165, 1.54) is 64.2 Å². The lowest BCUT2D eigenvalue weighted by atomic mass is 9.91. The fourth-order valence-corrected chi connectivity index (χ4v) is 2.93. The van der Waals surface area contributed by atoms with E-state index in [4.69, 9.17) is 4.74 Å². The summed E-state index contributed by atoms with van der Waals surface area (Å²) in [4.78, 5) is 0. The van der Waals surface area contributed by atoms with Gasteiger partial charge in [0, 0.05) is 6.04 Å². The normalized spacial score (nSPS) is 31.6. The monoisotopic (exact) mass is 239 g/mol. The Morgan fingerprint density at radius 3 is 2.35 bits per heavy atom. The average Bonchev–Trinajstić information content (AvgIpc) is 2.25. The van der Waals surface area contributed by atoms with Crippen LogP contribution in [0.15, 0.2) is 0 Å². The molecule has 2 unspecified atom stereocenters. The first kappa shape index (κ1) is 13.4. The molecule has 0 aromatic rings. The van der Waals surface area contributed by atoms with Crippen molar-refractivity contribution in [1.29, 1.82) is 0 Å². The van der Waals surface area contributed by atoms with Crippen molar-refractivity contribution in [3.05, 3.63) is 0 Å². The predicted octanol–water partition coefficient (Wildman–Crippen LogP) is 3.65. The Morgan fingerprint density at radius 1 is 0.941 bits per heavy atom. The van der Waals surface area contributed by atoms with Crippen LogP contribution < -0.4 is 5.32 Å².